The summed E-state index contributed by atoms with van der Waals surface area (Å²) in [5.74, 6) is -2.57. The largest absolute Gasteiger partial charge is 0.459 e. The van der Waals surface area contributed by atoms with Gasteiger partial charge in [0.05, 0.1) is 6.10 Å². The average molecular weight is 527 g/mol. The Bertz CT molecular complexity index is 1250. The molecule has 2 aliphatic heterocycles. The van der Waals surface area contributed by atoms with E-state index in [4.69, 9.17) is 19.9 Å². The van der Waals surface area contributed by atoms with Gasteiger partial charge < -0.3 is 25.3 Å². The van der Waals surface area contributed by atoms with Crippen LogP contribution in [0, 0.1) is 0 Å². The quantitative estimate of drug-likeness (QED) is 0.568. The summed E-state index contributed by atoms with van der Waals surface area (Å²) in [6, 6.07) is 14.1. The predicted molar refractivity (Wildman–Crippen MR) is 127 cm³/mol. The fourth-order valence-electron chi connectivity index (χ4n) is 4.23. The van der Waals surface area contributed by atoms with Crippen molar-refractivity contribution in [3.63, 3.8) is 0 Å². The molecule has 0 bridgehead atoms. The summed E-state index contributed by atoms with van der Waals surface area (Å²) < 4.78 is 17.2. The second kappa shape index (κ2) is 8.98. The lowest BCUT2D eigenvalue weighted by Gasteiger charge is -2.35. The maximum Gasteiger partial charge on any atom is 0.341 e. The monoisotopic (exact) mass is 526 g/mol. The Kier molecular flexibility index (Phi) is 6.22. The zero-order valence-corrected chi connectivity index (χ0v) is 20.4. The van der Waals surface area contributed by atoms with Crippen molar-refractivity contribution >= 4 is 39.5 Å². The summed E-state index contributed by atoms with van der Waals surface area (Å²) >= 11 is 3.41. The molecule has 2 aromatic carbocycles. The van der Waals surface area contributed by atoms with Crippen LogP contribution >= 0.6 is 15.9 Å². The Morgan fingerprint density at radius 2 is 1.82 bits per heavy atom. The Morgan fingerprint density at radius 3 is 2.50 bits per heavy atom. The average Bonchev–Trinajstić information content (AvgIpc) is 3.03. The molecule has 1 spiro atoms. The van der Waals surface area contributed by atoms with Gasteiger partial charge in [-0.25, -0.2) is 9.59 Å². The molecule has 0 unspecified atom stereocenters. The third-order valence-electron chi connectivity index (χ3n) is 5.55. The number of carbonyl (C=O) groups excluding carboxylic acids is 3. The van der Waals surface area contributed by atoms with Gasteiger partial charge >= 0.3 is 11.9 Å². The molecular weight excluding hydrogens is 504 g/mol. The molecule has 0 radical (unpaired) electrons. The normalized spacial score (nSPS) is 19.1. The molecule has 2 aromatic rings. The summed E-state index contributed by atoms with van der Waals surface area (Å²) in [4.78, 5) is 40.5. The van der Waals surface area contributed by atoms with Crippen molar-refractivity contribution in [2.45, 2.75) is 38.9 Å². The van der Waals surface area contributed by atoms with Crippen LogP contribution in [0.3, 0.4) is 0 Å². The summed E-state index contributed by atoms with van der Waals surface area (Å²) in [7, 11) is 0. The number of hydrogen-bond acceptors (Lipinski definition) is 7. The molecule has 0 fully saturated rings. The van der Waals surface area contributed by atoms with Gasteiger partial charge in [-0.05, 0) is 44.5 Å². The van der Waals surface area contributed by atoms with Gasteiger partial charge in [-0.2, -0.15) is 0 Å². The van der Waals surface area contributed by atoms with E-state index in [-0.39, 0.29) is 29.4 Å². The van der Waals surface area contributed by atoms with Crippen molar-refractivity contribution in [2.24, 2.45) is 5.73 Å². The molecule has 2 aliphatic rings. The maximum atomic E-state index is 13.7. The number of fused-ring (bicyclic) bond motifs is 2. The van der Waals surface area contributed by atoms with E-state index >= 15 is 0 Å². The standard InChI is InChI=1S/C25H23BrN2O6/c1-13(2)33-23(30)19-14(3)34-21(27)20(22(29)32-12-15-7-5-4-6-8-15)25(19)17-11-16(26)9-10-18(17)28-24(25)31/h4-11,13H,12,27H2,1-3H3,(H,28,31)/t25-/m0/s1. The number of ether oxygens (including phenoxy) is 3. The van der Waals surface area contributed by atoms with Gasteiger partial charge in [0, 0.05) is 15.7 Å². The van der Waals surface area contributed by atoms with Crippen molar-refractivity contribution in [2.75, 3.05) is 5.32 Å². The molecule has 9 heteroatoms. The first-order valence-corrected chi connectivity index (χ1v) is 11.4. The fraction of sp³-hybridized carbons (Fsp3) is 0.240. The van der Waals surface area contributed by atoms with Gasteiger partial charge in [-0.15, -0.1) is 0 Å². The molecule has 0 saturated carbocycles. The Morgan fingerprint density at radius 1 is 1.12 bits per heavy atom. The van der Waals surface area contributed by atoms with Crippen molar-refractivity contribution in [1.82, 2.24) is 0 Å². The summed E-state index contributed by atoms with van der Waals surface area (Å²) in [5.41, 5.74) is 5.41. The number of rotatable bonds is 5. The summed E-state index contributed by atoms with van der Waals surface area (Å²) in [6.45, 7) is 4.81. The third-order valence-corrected chi connectivity index (χ3v) is 6.04. The lowest BCUT2D eigenvalue weighted by molar-refractivity contribution is -0.146. The number of hydrogen-bond donors (Lipinski definition) is 2. The number of halogens is 1. The minimum atomic E-state index is -1.91. The molecule has 34 heavy (non-hydrogen) atoms. The predicted octanol–water partition coefficient (Wildman–Crippen LogP) is 3.81. The molecule has 176 valence electrons. The first-order valence-electron chi connectivity index (χ1n) is 10.6. The summed E-state index contributed by atoms with van der Waals surface area (Å²) in [5, 5.41) is 2.77. The highest BCUT2D eigenvalue weighted by Crippen LogP contribution is 2.53. The second-order valence-electron chi connectivity index (χ2n) is 8.18. The number of amides is 1. The van der Waals surface area contributed by atoms with E-state index in [1.807, 2.05) is 18.2 Å². The van der Waals surface area contributed by atoms with Gasteiger partial charge in [0.1, 0.15) is 28.9 Å². The van der Waals surface area contributed by atoms with Crippen LogP contribution in [-0.4, -0.2) is 23.9 Å². The zero-order valence-electron chi connectivity index (χ0n) is 18.8. The minimum Gasteiger partial charge on any atom is -0.459 e. The highest BCUT2D eigenvalue weighted by molar-refractivity contribution is 9.10. The first kappa shape index (κ1) is 23.6. The SMILES string of the molecule is CC1=C(C(=O)OC(C)C)[C@]2(C(=O)Nc3ccc(Br)cc32)C(C(=O)OCc2ccccc2)=C(N)O1. The number of esters is 2. The Balaban J connectivity index is 1.89. The van der Waals surface area contributed by atoms with Crippen molar-refractivity contribution in [3.05, 3.63) is 86.9 Å². The van der Waals surface area contributed by atoms with Crippen LogP contribution in [-0.2, 0) is 40.6 Å². The van der Waals surface area contributed by atoms with Crippen LogP contribution in [0.15, 0.2) is 75.8 Å². The van der Waals surface area contributed by atoms with E-state index < -0.39 is 29.4 Å². The highest BCUT2D eigenvalue weighted by atomic mass is 79.9. The molecule has 2 heterocycles. The number of nitrogens with two attached hydrogens (primary N) is 1. The minimum absolute atomic E-state index is 0.0609. The third kappa shape index (κ3) is 3.86. The molecule has 3 N–H and O–H groups in total. The number of nitrogens with one attached hydrogen (secondary N) is 1. The maximum absolute atomic E-state index is 13.7. The van der Waals surface area contributed by atoms with Crippen LogP contribution in [0.25, 0.3) is 0 Å². The number of allylic oxidation sites excluding steroid dienone is 1. The lowest BCUT2D eigenvalue weighted by Crippen LogP contribution is -2.48. The highest BCUT2D eigenvalue weighted by Gasteiger charge is 2.62. The van der Waals surface area contributed by atoms with Gasteiger partial charge in [0.15, 0.2) is 0 Å². The van der Waals surface area contributed by atoms with Crippen LogP contribution in [0.2, 0.25) is 0 Å². The zero-order chi connectivity index (χ0) is 24.6. The van der Waals surface area contributed by atoms with Gasteiger partial charge in [0.2, 0.25) is 11.8 Å². The van der Waals surface area contributed by atoms with Crippen molar-refractivity contribution < 1.29 is 28.6 Å². The van der Waals surface area contributed by atoms with Crippen LogP contribution in [0.5, 0.6) is 0 Å². The Hall–Kier alpha value is -3.59. The topological polar surface area (TPSA) is 117 Å². The van der Waals surface area contributed by atoms with E-state index in [2.05, 4.69) is 21.2 Å². The molecule has 0 saturated heterocycles. The Labute approximate surface area is 204 Å². The molecular formula is C25H23BrN2O6. The molecule has 0 aliphatic carbocycles. The summed E-state index contributed by atoms with van der Waals surface area (Å²) in [6.07, 6.45) is -0.479. The smallest absolute Gasteiger partial charge is 0.341 e. The second-order valence-corrected chi connectivity index (χ2v) is 9.10. The fourth-order valence-corrected chi connectivity index (χ4v) is 4.59. The molecule has 1 atom stereocenters. The molecule has 0 aromatic heterocycles. The van der Waals surface area contributed by atoms with Crippen LogP contribution in [0.4, 0.5) is 5.69 Å². The number of anilines is 1. The van der Waals surface area contributed by atoms with Crippen molar-refractivity contribution in [1.29, 1.82) is 0 Å². The van der Waals surface area contributed by atoms with E-state index in [0.29, 0.717) is 15.7 Å². The first-order chi connectivity index (χ1) is 16.2. The van der Waals surface area contributed by atoms with Gasteiger partial charge in [-0.3, -0.25) is 4.79 Å². The van der Waals surface area contributed by atoms with Crippen LogP contribution in [0.1, 0.15) is 31.9 Å². The van der Waals surface area contributed by atoms with Crippen LogP contribution < -0.4 is 11.1 Å². The number of carbonyl (C=O) groups is 3. The lowest BCUT2D eigenvalue weighted by atomic mass is 9.67. The van der Waals surface area contributed by atoms with Gasteiger partial charge in [-0.1, -0.05) is 46.3 Å². The molecule has 4 rings (SSSR count). The van der Waals surface area contributed by atoms with Crippen molar-refractivity contribution in [3.8, 4) is 0 Å². The van der Waals surface area contributed by atoms with E-state index in [1.54, 1.807) is 44.2 Å². The van der Waals surface area contributed by atoms with Gasteiger partial charge in [0.25, 0.3) is 0 Å². The molecule has 8 nitrogen and oxygen atoms in total. The molecule has 1 amide bonds. The number of benzene rings is 2. The van der Waals surface area contributed by atoms with E-state index in [0.717, 1.165) is 5.56 Å². The van der Waals surface area contributed by atoms with E-state index in [1.165, 1.54) is 6.92 Å². The van der Waals surface area contributed by atoms with E-state index in [9.17, 15) is 14.4 Å².